The van der Waals surface area contributed by atoms with E-state index in [1.807, 2.05) is 6.92 Å². The second kappa shape index (κ2) is 6.41. The van der Waals surface area contributed by atoms with Crippen molar-refractivity contribution in [1.29, 1.82) is 0 Å². The molecule has 0 unspecified atom stereocenters. The van der Waals surface area contributed by atoms with Crippen LogP contribution in [0, 0.1) is 0 Å². The second-order valence-electron chi connectivity index (χ2n) is 5.05. The highest BCUT2D eigenvalue weighted by atomic mass is 79.9. The van der Waals surface area contributed by atoms with Gasteiger partial charge in [-0.05, 0) is 48.9 Å². The van der Waals surface area contributed by atoms with Crippen LogP contribution in [0.4, 0.5) is 5.69 Å². The number of ether oxygens (including phenoxy) is 2. The Labute approximate surface area is 143 Å². The van der Waals surface area contributed by atoms with Gasteiger partial charge in [-0.3, -0.25) is 4.72 Å². The minimum atomic E-state index is -3.75. The van der Waals surface area contributed by atoms with E-state index in [1.54, 1.807) is 30.3 Å². The van der Waals surface area contributed by atoms with Gasteiger partial charge in [0.25, 0.3) is 10.0 Å². The van der Waals surface area contributed by atoms with Crippen molar-refractivity contribution in [2.75, 3.05) is 17.9 Å². The fourth-order valence-corrected chi connectivity index (χ4v) is 4.16. The number of benzene rings is 2. The molecule has 0 spiro atoms. The molecule has 0 aromatic heterocycles. The summed E-state index contributed by atoms with van der Waals surface area (Å²) in [7, 11) is -3.75. The maximum atomic E-state index is 12.7. The minimum absolute atomic E-state index is 0.102. The Bertz CT molecular complexity index is 836. The number of sulfonamides is 1. The van der Waals surface area contributed by atoms with Crippen LogP contribution >= 0.6 is 15.9 Å². The SMILES string of the molecule is CCOc1ccc(Br)cc1S(=O)(=O)Nc1ccc2c(c1)CCO2. The first kappa shape index (κ1) is 16.1. The molecule has 5 nitrogen and oxygen atoms in total. The van der Waals surface area contributed by atoms with Crippen molar-refractivity contribution in [3.8, 4) is 11.5 Å². The average molecular weight is 398 g/mol. The van der Waals surface area contributed by atoms with Gasteiger partial charge in [0.15, 0.2) is 0 Å². The molecule has 0 radical (unpaired) electrons. The summed E-state index contributed by atoms with van der Waals surface area (Å²) in [6, 6.07) is 10.2. The zero-order valence-corrected chi connectivity index (χ0v) is 14.9. The van der Waals surface area contributed by atoms with Crippen molar-refractivity contribution in [1.82, 2.24) is 0 Å². The molecule has 0 saturated carbocycles. The van der Waals surface area contributed by atoms with Crippen molar-refractivity contribution in [3.63, 3.8) is 0 Å². The van der Waals surface area contributed by atoms with E-state index in [1.165, 1.54) is 6.07 Å². The lowest BCUT2D eigenvalue weighted by Crippen LogP contribution is -2.14. The summed E-state index contributed by atoms with van der Waals surface area (Å²) in [5, 5.41) is 0. The standard InChI is InChI=1S/C16H16BrNO4S/c1-2-21-15-5-3-12(17)10-16(15)23(19,20)18-13-4-6-14-11(9-13)7-8-22-14/h3-6,9-10,18H,2,7-8H2,1H3. The number of hydrogen-bond acceptors (Lipinski definition) is 4. The summed E-state index contributed by atoms with van der Waals surface area (Å²) in [5.41, 5.74) is 1.51. The molecule has 23 heavy (non-hydrogen) atoms. The number of halogens is 1. The van der Waals surface area contributed by atoms with Crippen molar-refractivity contribution in [2.45, 2.75) is 18.2 Å². The van der Waals surface area contributed by atoms with Gasteiger partial charge in [0, 0.05) is 16.6 Å². The number of hydrogen-bond donors (Lipinski definition) is 1. The van der Waals surface area contributed by atoms with E-state index in [0.29, 0.717) is 29.1 Å². The zero-order chi connectivity index (χ0) is 16.4. The van der Waals surface area contributed by atoms with E-state index in [9.17, 15) is 8.42 Å². The highest BCUT2D eigenvalue weighted by Crippen LogP contribution is 2.32. The smallest absolute Gasteiger partial charge is 0.265 e. The first-order valence-electron chi connectivity index (χ1n) is 7.20. The van der Waals surface area contributed by atoms with Crippen LogP contribution < -0.4 is 14.2 Å². The first-order valence-corrected chi connectivity index (χ1v) is 9.48. The quantitative estimate of drug-likeness (QED) is 0.836. The molecule has 122 valence electrons. The highest BCUT2D eigenvalue weighted by Gasteiger charge is 2.21. The van der Waals surface area contributed by atoms with Gasteiger partial charge in [0.2, 0.25) is 0 Å². The molecular weight excluding hydrogens is 382 g/mol. The number of anilines is 1. The van der Waals surface area contributed by atoms with Gasteiger partial charge in [-0.15, -0.1) is 0 Å². The Kier molecular flexibility index (Phi) is 4.50. The minimum Gasteiger partial charge on any atom is -0.493 e. The van der Waals surface area contributed by atoms with Gasteiger partial charge in [0.1, 0.15) is 16.4 Å². The van der Waals surface area contributed by atoms with Crippen molar-refractivity contribution >= 4 is 31.6 Å². The van der Waals surface area contributed by atoms with Crippen molar-refractivity contribution < 1.29 is 17.9 Å². The number of fused-ring (bicyclic) bond motifs is 1. The van der Waals surface area contributed by atoms with E-state index in [0.717, 1.165) is 17.7 Å². The van der Waals surface area contributed by atoms with Crippen LogP contribution in [0.3, 0.4) is 0 Å². The molecule has 1 heterocycles. The van der Waals surface area contributed by atoms with Gasteiger partial charge in [-0.2, -0.15) is 0 Å². The highest BCUT2D eigenvalue weighted by molar-refractivity contribution is 9.10. The van der Waals surface area contributed by atoms with Crippen LogP contribution in [0.5, 0.6) is 11.5 Å². The van der Waals surface area contributed by atoms with Crippen LogP contribution in [0.15, 0.2) is 45.8 Å². The molecule has 7 heteroatoms. The van der Waals surface area contributed by atoms with Gasteiger partial charge in [0.05, 0.1) is 13.2 Å². The molecule has 0 aliphatic carbocycles. The monoisotopic (exact) mass is 397 g/mol. The Morgan fingerprint density at radius 1 is 1.26 bits per heavy atom. The van der Waals surface area contributed by atoms with Crippen LogP contribution in [0.1, 0.15) is 12.5 Å². The summed E-state index contributed by atoms with van der Waals surface area (Å²) in [6.07, 6.45) is 0.784. The van der Waals surface area contributed by atoms with Gasteiger partial charge in [-0.25, -0.2) is 8.42 Å². The summed E-state index contributed by atoms with van der Waals surface area (Å²) in [4.78, 5) is 0.102. The fraction of sp³-hybridized carbons (Fsp3) is 0.250. The van der Waals surface area contributed by atoms with Crippen LogP contribution in [-0.4, -0.2) is 21.6 Å². The molecule has 2 aromatic rings. The van der Waals surface area contributed by atoms with E-state index >= 15 is 0 Å². The predicted octanol–water partition coefficient (Wildman–Crippen LogP) is 3.58. The summed E-state index contributed by atoms with van der Waals surface area (Å²) < 4.78 is 39.6. The lowest BCUT2D eigenvalue weighted by atomic mass is 10.1. The van der Waals surface area contributed by atoms with E-state index < -0.39 is 10.0 Å². The summed E-state index contributed by atoms with van der Waals surface area (Å²) in [6.45, 7) is 2.83. The molecule has 1 N–H and O–H groups in total. The molecule has 0 saturated heterocycles. The summed E-state index contributed by atoms with van der Waals surface area (Å²) >= 11 is 3.30. The Morgan fingerprint density at radius 2 is 2.09 bits per heavy atom. The zero-order valence-electron chi connectivity index (χ0n) is 12.5. The molecule has 3 rings (SSSR count). The normalized spacial score (nSPS) is 13.3. The molecule has 0 atom stereocenters. The maximum absolute atomic E-state index is 12.7. The lowest BCUT2D eigenvalue weighted by Gasteiger charge is -2.13. The van der Waals surface area contributed by atoms with Crippen molar-refractivity contribution in [2.24, 2.45) is 0 Å². The number of rotatable bonds is 5. The second-order valence-corrected chi connectivity index (χ2v) is 7.62. The van der Waals surface area contributed by atoms with E-state index in [-0.39, 0.29) is 4.90 Å². The predicted molar refractivity (Wildman–Crippen MR) is 91.8 cm³/mol. The molecule has 0 bridgehead atoms. The van der Waals surface area contributed by atoms with Gasteiger partial charge >= 0.3 is 0 Å². The Hall–Kier alpha value is -1.73. The lowest BCUT2D eigenvalue weighted by molar-refractivity contribution is 0.331. The molecule has 2 aromatic carbocycles. The number of nitrogens with one attached hydrogen (secondary N) is 1. The van der Waals surface area contributed by atoms with Crippen LogP contribution in [0.25, 0.3) is 0 Å². The third-order valence-corrected chi connectivity index (χ3v) is 5.33. The van der Waals surface area contributed by atoms with Crippen LogP contribution in [0.2, 0.25) is 0 Å². The largest absolute Gasteiger partial charge is 0.493 e. The molecular formula is C16H16BrNO4S. The topological polar surface area (TPSA) is 64.6 Å². The maximum Gasteiger partial charge on any atom is 0.265 e. The van der Waals surface area contributed by atoms with Gasteiger partial charge in [-0.1, -0.05) is 15.9 Å². The summed E-state index contributed by atoms with van der Waals surface area (Å²) in [5.74, 6) is 1.14. The fourth-order valence-electron chi connectivity index (χ4n) is 2.43. The van der Waals surface area contributed by atoms with Gasteiger partial charge < -0.3 is 9.47 Å². The molecule has 1 aliphatic heterocycles. The third kappa shape index (κ3) is 3.45. The Morgan fingerprint density at radius 3 is 2.87 bits per heavy atom. The first-order chi connectivity index (χ1) is 11.0. The Balaban J connectivity index is 1.94. The molecule has 0 fully saturated rings. The molecule has 0 amide bonds. The third-order valence-electron chi connectivity index (χ3n) is 3.44. The van der Waals surface area contributed by atoms with Crippen molar-refractivity contribution in [3.05, 3.63) is 46.4 Å². The molecule has 1 aliphatic rings. The van der Waals surface area contributed by atoms with Crippen LogP contribution in [-0.2, 0) is 16.4 Å². The van der Waals surface area contributed by atoms with E-state index in [2.05, 4.69) is 20.7 Å². The average Bonchev–Trinajstić information content (AvgIpc) is 2.96. The van der Waals surface area contributed by atoms with E-state index in [4.69, 9.17) is 9.47 Å².